The number of carbonyl (C=O) groups excluding carboxylic acids is 1. The van der Waals surface area contributed by atoms with Crippen LogP contribution in [0.1, 0.15) is 32.1 Å². The first kappa shape index (κ1) is 12.4. The van der Waals surface area contributed by atoms with Crippen molar-refractivity contribution in [2.45, 2.75) is 38.1 Å². The number of ether oxygens (including phenoxy) is 1. The Bertz CT molecular complexity index is 241. The zero-order valence-corrected chi connectivity index (χ0v) is 11.2. The van der Waals surface area contributed by atoms with Gasteiger partial charge in [-0.15, -0.1) is 0 Å². The van der Waals surface area contributed by atoms with Crippen LogP contribution in [0.3, 0.4) is 0 Å². The molecule has 2 unspecified atom stereocenters. The summed E-state index contributed by atoms with van der Waals surface area (Å²) in [6, 6.07) is 0.491. The first-order valence-corrected chi connectivity index (χ1v) is 7.39. The van der Waals surface area contributed by atoms with Gasteiger partial charge in [0.15, 0.2) is 0 Å². The Morgan fingerprint density at radius 3 is 3.00 bits per heavy atom. The molecule has 2 heterocycles. The lowest BCUT2D eigenvalue weighted by atomic mass is 10.1. The van der Waals surface area contributed by atoms with Gasteiger partial charge >= 0.3 is 0 Å². The fourth-order valence-electron chi connectivity index (χ4n) is 2.70. The maximum atomic E-state index is 12.3. The van der Waals surface area contributed by atoms with Crippen LogP contribution in [0, 0.1) is 5.92 Å². The second kappa shape index (κ2) is 6.01. The van der Waals surface area contributed by atoms with Crippen LogP contribution in [0.15, 0.2) is 0 Å². The third-order valence-corrected chi connectivity index (χ3v) is 4.17. The van der Waals surface area contributed by atoms with Gasteiger partial charge in [-0.05, 0) is 32.1 Å². The van der Waals surface area contributed by atoms with E-state index in [-0.39, 0.29) is 5.92 Å². The van der Waals surface area contributed by atoms with Crippen molar-refractivity contribution in [3.8, 4) is 0 Å². The van der Waals surface area contributed by atoms with Crippen LogP contribution in [-0.4, -0.2) is 41.9 Å². The van der Waals surface area contributed by atoms with Crippen molar-refractivity contribution < 1.29 is 9.53 Å². The summed E-state index contributed by atoms with van der Waals surface area (Å²) in [4.78, 5) is 14.4. The number of likely N-dealkylation sites (tertiary alicyclic amines) is 1. The molecule has 0 N–H and O–H groups in total. The predicted molar refractivity (Wildman–Crippen MR) is 66.7 cm³/mol. The highest BCUT2D eigenvalue weighted by Gasteiger charge is 2.34. The van der Waals surface area contributed by atoms with Crippen molar-refractivity contribution >= 4 is 21.8 Å². The Kier molecular flexibility index (Phi) is 4.65. The minimum atomic E-state index is 0.143. The Morgan fingerprint density at radius 1 is 1.44 bits per heavy atom. The summed E-state index contributed by atoms with van der Waals surface area (Å²) >= 11 is 3.46. The quantitative estimate of drug-likeness (QED) is 0.743. The summed E-state index contributed by atoms with van der Waals surface area (Å²) in [6.45, 7) is 2.36. The van der Waals surface area contributed by atoms with Gasteiger partial charge in [-0.1, -0.05) is 15.9 Å². The Hall–Kier alpha value is -0.0900. The molecule has 0 saturated carbocycles. The van der Waals surface area contributed by atoms with Crippen molar-refractivity contribution in [2.75, 3.05) is 25.1 Å². The maximum Gasteiger partial charge on any atom is 0.228 e. The van der Waals surface area contributed by atoms with Crippen LogP contribution in [-0.2, 0) is 9.53 Å². The van der Waals surface area contributed by atoms with E-state index >= 15 is 0 Å². The van der Waals surface area contributed by atoms with Crippen LogP contribution < -0.4 is 0 Å². The van der Waals surface area contributed by atoms with E-state index in [0.29, 0.717) is 18.6 Å². The van der Waals surface area contributed by atoms with Crippen LogP contribution in [0.4, 0.5) is 0 Å². The highest BCUT2D eigenvalue weighted by atomic mass is 79.9. The van der Waals surface area contributed by atoms with Crippen molar-refractivity contribution in [2.24, 2.45) is 5.92 Å². The molecule has 16 heavy (non-hydrogen) atoms. The van der Waals surface area contributed by atoms with Gasteiger partial charge in [0, 0.05) is 24.5 Å². The lowest BCUT2D eigenvalue weighted by Crippen LogP contribution is -2.39. The van der Waals surface area contributed by atoms with Gasteiger partial charge in [0.25, 0.3) is 0 Å². The number of nitrogens with zero attached hydrogens (tertiary/aromatic N) is 1. The van der Waals surface area contributed by atoms with Gasteiger partial charge in [0.2, 0.25) is 5.91 Å². The second-order valence-electron chi connectivity index (χ2n) is 4.72. The van der Waals surface area contributed by atoms with Gasteiger partial charge in [-0.2, -0.15) is 0 Å². The molecular weight excluding hydrogens is 270 g/mol. The fourth-order valence-corrected chi connectivity index (χ4v) is 3.03. The number of rotatable bonds is 4. The van der Waals surface area contributed by atoms with E-state index in [0.717, 1.165) is 37.7 Å². The molecule has 2 rings (SSSR count). The molecule has 1 amide bonds. The monoisotopic (exact) mass is 289 g/mol. The third-order valence-electron chi connectivity index (χ3n) is 3.61. The zero-order chi connectivity index (χ0) is 11.4. The molecule has 2 saturated heterocycles. The van der Waals surface area contributed by atoms with Crippen LogP contribution >= 0.6 is 15.9 Å². The molecule has 0 aromatic rings. The van der Waals surface area contributed by atoms with Gasteiger partial charge in [0.1, 0.15) is 0 Å². The molecule has 2 fully saturated rings. The summed E-state index contributed by atoms with van der Waals surface area (Å²) in [7, 11) is 0. The molecule has 0 aromatic carbocycles. The summed E-state index contributed by atoms with van der Waals surface area (Å²) in [5.41, 5.74) is 0. The molecule has 2 aliphatic heterocycles. The summed E-state index contributed by atoms with van der Waals surface area (Å²) in [5.74, 6) is 0.485. The van der Waals surface area contributed by atoms with E-state index in [1.165, 1.54) is 12.8 Å². The lowest BCUT2D eigenvalue weighted by Gasteiger charge is -2.26. The Balaban J connectivity index is 1.88. The summed E-state index contributed by atoms with van der Waals surface area (Å²) < 4.78 is 5.30. The highest BCUT2D eigenvalue weighted by Crippen LogP contribution is 2.26. The molecule has 0 spiro atoms. The average Bonchev–Trinajstić information content (AvgIpc) is 2.96. The zero-order valence-electron chi connectivity index (χ0n) is 9.66. The number of alkyl halides is 1. The number of hydrogen-bond acceptors (Lipinski definition) is 2. The van der Waals surface area contributed by atoms with Crippen molar-refractivity contribution in [1.82, 2.24) is 4.90 Å². The van der Waals surface area contributed by atoms with Crippen molar-refractivity contribution in [1.29, 1.82) is 0 Å². The van der Waals surface area contributed by atoms with Crippen molar-refractivity contribution in [3.63, 3.8) is 0 Å². The van der Waals surface area contributed by atoms with Gasteiger partial charge < -0.3 is 9.64 Å². The van der Waals surface area contributed by atoms with Crippen molar-refractivity contribution in [3.05, 3.63) is 0 Å². The molecule has 0 aliphatic carbocycles. The lowest BCUT2D eigenvalue weighted by molar-refractivity contribution is -0.136. The minimum absolute atomic E-state index is 0.143. The first-order chi connectivity index (χ1) is 7.83. The number of amides is 1. The smallest absolute Gasteiger partial charge is 0.228 e. The largest absolute Gasteiger partial charge is 0.381 e. The van der Waals surface area contributed by atoms with Gasteiger partial charge in [-0.3, -0.25) is 4.79 Å². The van der Waals surface area contributed by atoms with Gasteiger partial charge in [-0.25, -0.2) is 0 Å². The molecule has 92 valence electrons. The highest BCUT2D eigenvalue weighted by molar-refractivity contribution is 9.09. The molecule has 4 heteroatoms. The predicted octanol–water partition coefficient (Wildman–Crippen LogP) is 2.19. The van der Waals surface area contributed by atoms with E-state index < -0.39 is 0 Å². The molecular formula is C12H20BrNO2. The molecule has 0 bridgehead atoms. The van der Waals surface area contributed by atoms with E-state index in [1.54, 1.807) is 0 Å². The van der Waals surface area contributed by atoms with Crippen LogP contribution in [0.2, 0.25) is 0 Å². The molecule has 0 aromatic heterocycles. The van der Waals surface area contributed by atoms with Crippen LogP contribution in [0.5, 0.6) is 0 Å². The van der Waals surface area contributed by atoms with Crippen LogP contribution in [0.25, 0.3) is 0 Å². The third kappa shape index (κ3) is 2.77. The van der Waals surface area contributed by atoms with E-state index in [9.17, 15) is 4.79 Å². The summed E-state index contributed by atoms with van der Waals surface area (Å²) in [5, 5.41) is 1.04. The Morgan fingerprint density at radius 2 is 2.31 bits per heavy atom. The van der Waals surface area contributed by atoms with E-state index in [1.807, 2.05) is 0 Å². The normalized spacial score (nSPS) is 29.9. The van der Waals surface area contributed by atoms with E-state index in [4.69, 9.17) is 4.74 Å². The summed E-state index contributed by atoms with van der Waals surface area (Å²) in [6.07, 6.45) is 5.58. The SMILES string of the molecule is O=C(C1CCOC1)N1CCCC1CCCBr. The molecule has 2 aliphatic rings. The number of halogens is 1. The Labute approximate surface area is 106 Å². The topological polar surface area (TPSA) is 29.5 Å². The average molecular weight is 290 g/mol. The second-order valence-corrected chi connectivity index (χ2v) is 5.51. The number of hydrogen-bond donors (Lipinski definition) is 0. The minimum Gasteiger partial charge on any atom is -0.381 e. The standard InChI is InChI=1S/C12H20BrNO2/c13-6-1-3-11-4-2-7-14(11)12(15)10-5-8-16-9-10/h10-11H,1-9H2. The molecule has 3 nitrogen and oxygen atoms in total. The maximum absolute atomic E-state index is 12.3. The van der Waals surface area contributed by atoms with Gasteiger partial charge in [0.05, 0.1) is 12.5 Å². The number of carbonyl (C=O) groups is 1. The fraction of sp³-hybridized carbons (Fsp3) is 0.917. The van der Waals surface area contributed by atoms with E-state index in [2.05, 4.69) is 20.8 Å². The molecule has 2 atom stereocenters. The first-order valence-electron chi connectivity index (χ1n) is 6.27. The molecule has 0 radical (unpaired) electrons.